The van der Waals surface area contributed by atoms with Crippen LogP contribution in [0, 0.1) is 17.2 Å². The van der Waals surface area contributed by atoms with E-state index in [4.69, 9.17) is 10.00 Å². The highest BCUT2D eigenvalue weighted by Gasteiger charge is 2.35. The summed E-state index contributed by atoms with van der Waals surface area (Å²) in [6, 6.07) is 1.81. The molecule has 1 N–H and O–H groups in total. The zero-order chi connectivity index (χ0) is 13.5. The predicted molar refractivity (Wildman–Crippen MR) is 64.4 cm³/mol. The van der Waals surface area contributed by atoms with Crippen LogP contribution in [-0.2, 0) is 14.3 Å². The molecule has 1 atom stereocenters. The van der Waals surface area contributed by atoms with E-state index in [1.807, 2.05) is 6.92 Å². The molecule has 1 fully saturated rings. The number of methoxy groups -OCH3 is 1. The van der Waals surface area contributed by atoms with E-state index >= 15 is 0 Å². The van der Waals surface area contributed by atoms with Crippen LogP contribution in [0.2, 0.25) is 0 Å². The molecule has 0 aromatic carbocycles. The Labute approximate surface area is 107 Å². The zero-order valence-corrected chi connectivity index (χ0v) is 10.8. The third-order valence-electron chi connectivity index (χ3n) is 3.12. The molecule has 0 aliphatic heterocycles. The number of carbonyl (C=O) groups excluding carboxylic acids is 2. The molecule has 1 aliphatic rings. The van der Waals surface area contributed by atoms with Crippen LogP contribution >= 0.6 is 0 Å². The largest absolute Gasteiger partial charge is 0.383 e. The average Bonchev–Trinajstić information content (AvgIpc) is 3.19. The summed E-state index contributed by atoms with van der Waals surface area (Å²) >= 11 is 0. The van der Waals surface area contributed by atoms with Crippen molar-refractivity contribution in [2.45, 2.75) is 25.8 Å². The van der Waals surface area contributed by atoms with Gasteiger partial charge in [-0.05, 0) is 25.7 Å². The summed E-state index contributed by atoms with van der Waals surface area (Å²) in [5, 5.41) is 10.6. The van der Waals surface area contributed by atoms with Gasteiger partial charge in [-0.3, -0.25) is 9.59 Å². The minimum absolute atomic E-state index is 0.0421. The number of rotatable bonds is 6. The summed E-state index contributed by atoms with van der Waals surface area (Å²) in [4.78, 5) is 25.1. The third-order valence-corrected chi connectivity index (χ3v) is 3.12. The van der Waals surface area contributed by atoms with Gasteiger partial charge < -0.3 is 15.0 Å². The molecule has 100 valence electrons. The van der Waals surface area contributed by atoms with Crippen molar-refractivity contribution in [3.05, 3.63) is 0 Å². The van der Waals surface area contributed by atoms with Crippen LogP contribution in [0.25, 0.3) is 0 Å². The summed E-state index contributed by atoms with van der Waals surface area (Å²) < 4.78 is 4.96. The highest BCUT2D eigenvalue weighted by atomic mass is 16.5. The molecule has 0 saturated heterocycles. The third kappa shape index (κ3) is 4.00. The van der Waals surface area contributed by atoms with E-state index in [1.165, 1.54) is 4.90 Å². The smallest absolute Gasteiger partial charge is 0.312 e. The first-order valence-corrected chi connectivity index (χ1v) is 6.06. The Morgan fingerprint density at radius 2 is 2.22 bits per heavy atom. The maximum Gasteiger partial charge on any atom is 0.312 e. The number of amides is 2. The van der Waals surface area contributed by atoms with E-state index in [-0.39, 0.29) is 12.6 Å². The van der Waals surface area contributed by atoms with Crippen LogP contribution in [0.4, 0.5) is 0 Å². The molecule has 0 heterocycles. The molecule has 0 radical (unpaired) electrons. The summed E-state index contributed by atoms with van der Waals surface area (Å²) in [5.41, 5.74) is 0. The van der Waals surface area contributed by atoms with Crippen molar-refractivity contribution >= 4 is 11.8 Å². The van der Waals surface area contributed by atoms with Gasteiger partial charge in [0.1, 0.15) is 6.54 Å². The molecular formula is C12H19N3O3. The van der Waals surface area contributed by atoms with Crippen molar-refractivity contribution < 1.29 is 14.3 Å². The number of hydrogen-bond donors (Lipinski definition) is 1. The molecule has 18 heavy (non-hydrogen) atoms. The average molecular weight is 253 g/mol. The fourth-order valence-corrected chi connectivity index (χ4v) is 1.84. The second-order valence-electron chi connectivity index (χ2n) is 4.41. The molecule has 0 spiro atoms. The van der Waals surface area contributed by atoms with Crippen LogP contribution in [0.3, 0.4) is 0 Å². The lowest BCUT2D eigenvalue weighted by Crippen LogP contribution is -2.49. The molecule has 1 saturated carbocycles. The maximum absolute atomic E-state index is 12.0. The van der Waals surface area contributed by atoms with Gasteiger partial charge in [0, 0.05) is 19.7 Å². The minimum atomic E-state index is -0.722. The van der Waals surface area contributed by atoms with Crippen LogP contribution < -0.4 is 5.32 Å². The van der Waals surface area contributed by atoms with Gasteiger partial charge in [-0.2, -0.15) is 5.26 Å². The topological polar surface area (TPSA) is 82.4 Å². The van der Waals surface area contributed by atoms with Crippen molar-refractivity contribution in [2.75, 3.05) is 26.8 Å². The first-order chi connectivity index (χ1) is 8.61. The van der Waals surface area contributed by atoms with Gasteiger partial charge in [-0.15, -0.1) is 0 Å². The Balaban J connectivity index is 2.59. The molecular weight excluding hydrogens is 234 g/mol. The number of carbonyl (C=O) groups is 2. The first kappa shape index (κ1) is 14.5. The van der Waals surface area contributed by atoms with Crippen molar-refractivity contribution in [1.29, 1.82) is 5.26 Å². The Kier molecular flexibility index (Phi) is 5.59. The van der Waals surface area contributed by atoms with E-state index in [0.717, 1.165) is 12.8 Å². The number of nitriles is 1. The number of nitrogens with zero attached hydrogens (tertiary/aromatic N) is 2. The van der Waals surface area contributed by atoms with Gasteiger partial charge in [0.2, 0.25) is 0 Å². The highest BCUT2D eigenvalue weighted by molar-refractivity contribution is 6.35. The van der Waals surface area contributed by atoms with E-state index in [1.54, 1.807) is 13.2 Å². The second kappa shape index (κ2) is 6.97. The van der Waals surface area contributed by atoms with Crippen LogP contribution in [0.5, 0.6) is 0 Å². The van der Waals surface area contributed by atoms with Gasteiger partial charge in [0.15, 0.2) is 0 Å². The fraction of sp³-hybridized carbons (Fsp3) is 0.750. The quantitative estimate of drug-likeness (QED) is 0.529. The van der Waals surface area contributed by atoms with Crippen molar-refractivity contribution in [2.24, 2.45) is 5.92 Å². The summed E-state index contributed by atoms with van der Waals surface area (Å²) in [7, 11) is 1.56. The maximum atomic E-state index is 12.0. The summed E-state index contributed by atoms with van der Waals surface area (Å²) in [5.74, 6) is -0.823. The Bertz CT molecular complexity index is 347. The zero-order valence-electron chi connectivity index (χ0n) is 10.8. The molecule has 0 aromatic heterocycles. The van der Waals surface area contributed by atoms with Crippen molar-refractivity contribution in [3.63, 3.8) is 0 Å². The lowest BCUT2D eigenvalue weighted by Gasteiger charge is -2.28. The van der Waals surface area contributed by atoms with Gasteiger partial charge in [0.05, 0.1) is 12.7 Å². The van der Waals surface area contributed by atoms with Gasteiger partial charge in [-0.25, -0.2) is 0 Å². The van der Waals surface area contributed by atoms with E-state index in [9.17, 15) is 9.59 Å². The molecule has 6 heteroatoms. The van der Waals surface area contributed by atoms with Gasteiger partial charge in [0.25, 0.3) is 0 Å². The van der Waals surface area contributed by atoms with E-state index in [2.05, 4.69) is 5.32 Å². The minimum Gasteiger partial charge on any atom is -0.383 e. The number of ether oxygens (including phenoxy) is 1. The molecule has 1 unspecified atom stereocenters. The molecule has 1 rings (SSSR count). The normalized spacial score (nSPS) is 15.6. The standard InChI is InChI=1S/C12H19N3O3/c1-9(10-3-4-10)15(7-8-18-2)12(17)11(16)14-6-5-13/h9-10H,3-4,6-8H2,1-2H3,(H,14,16). The molecule has 6 nitrogen and oxygen atoms in total. The Morgan fingerprint density at radius 3 is 2.72 bits per heavy atom. The summed E-state index contributed by atoms with van der Waals surface area (Å²) in [6.45, 7) is 2.59. The first-order valence-electron chi connectivity index (χ1n) is 6.06. The van der Waals surface area contributed by atoms with Crippen molar-refractivity contribution in [3.8, 4) is 6.07 Å². The van der Waals surface area contributed by atoms with Crippen LogP contribution in [-0.4, -0.2) is 49.6 Å². The van der Waals surface area contributed by atoms with E-state index in [0.29, 0.717) is 19.1 Å². The monoisotopic (exact) mass is 253 g/mol. The van der Waals surface area contributed by atoms with Gasteiger partial charge in [-0.1, -0.05) is 0 Å². The van der Waals surface area contributed by atoms with Crippen LogP contribution in [0.15, 0.2) is 0 Å². The number of hydrogen-bond acceptors (Lipinski definition) is 4. The summed E-state index contributed by atoms with van der Waals surface area (Å²) in [6.07, 6.45) is 2.19. The van der Waals surface area contributed by atoms with E-state index < -0.39 is 11.8 Å². The molecule has 2 amide bonds. The predicted octanol–water partition coefficient (Wildman–Crippen LogP) is -0.100. The fourth-order valence-electron chi connectivity index (χ4n) is 1.84. The lowest BCUT2D eigenvalue weighted by molar-refractivity contribution is -0.147. The second-order valence-corrected chi connectivity index (χ2v) is 4.41. The lowest BCUT2D eigenvalue weighted by atomic mass is 10.1. The Morgan fingerprint density at radius 1 is 1.56 bits per heavy atom. The van der Waals surface area contributed by atoms with Crippen LogP contribution in [0.1, 0.15) is 19.8 Å². The molecule has 1 aliphatic carbocycles. The molecule has 0 aromatic rings. The SMILES string of the molecule is COCCN(C(=O)C(=O)NCC#N)C(C)C1CC1. The van der Waals surface area contributed by atoms with Crippen molar-refractivity contribution in [1.82, 2.24) is 10.2 Å². The highest BCUT2D eigenvalue weighted by Crippen LogP contribution is 2.35. The number of nitrogens with one attached hydrogen (secondary N) is 1. The van der Waals surface area contributed by atoms with Gasteiger partial charge >= 0.3 is 11.8 Å². The molecule has 0 bridgehead atoms. The Hall–Kier alpha value is -1.61.